The summed E-state index contributed by atoms with van der Waals surface area (Å²) < 4.78 is 33.0. The number of hydrogen-bond donors (Lipinski definition) is 1. The zero-order valence-corrected chi connectivity index (χ0v) is 24.7. The second-order valence-corrected chi connectivity index (χ2v) is 11.5. The van der Waals surface area contributed by atoms with Gasteiger partial charge in [0.25, 0.3) is 0 Å². The number of amides is 1. The molecule has 0 bridgehead atoms. The number of carbonyl (C=O) groups is 2. The number of benzene rings is 1. The zero-order valence-electron chi connectivity index (χ0n) is 24.7. The number of fused-ring (bicyclic) bond motifs is 1. The fourth-order valence-electron chi connectivity index (χ4n) is 3.85. The Balaban J connectivity index is 1.89. The van der Waals surface area contributed by atoms with Crippen LogP contribution in [-0.2, 0) is 16.0 Å². The topological polar surface area (TPSA) is 131 Å². The van der Waals surface area contributed by atoms with Crippen molar-refractivity contribution in [1.29, 1.82) is 5.26 Å². The molecule has 0 spiro atoms. The van der Waals surface area contributed by atoms with Crippen molar-refractivity contribution < 1.29 is 28.2 Å². The summed E-state index contributed by atoms with van der Waals surface area (Å²) in [5.41, 5.74) is -0.677. The van der Waals surface area contributed by atoms with Crippen molar-refractivity contribution in [2.24, 2.45) is 0 Å². The van der Waals surface area contributed by atoms with Crippen LogP contribution in [0.3, 0.4) is 0 Å². The highest BCUT2D eigenvalue weighted by atomic mass is 19.1. The molecule has 0 saturated carbocycles. The van der Waals surface area contributed by atoms with E-state index in [1.165, 1.54) is 22.8 Å². The Morgan fingerprint density at radius 3 is 2.44 bits per heavy atom. The average Bonchev–Trinajstić information content (AvgIpc) is 3.29. The first-order chi connectivity index (χ1) is 19.1. The molecule has 2 heterocycles. The van der Waals surface area contributed by atoms with Crippen molar-refractivity contribution in [2.45, 2.75) is 79.2 Å². The molecule has 11 nitrogen and oxygen atoms in total. The Labute approximate surface area is 239 Å². The molecule has 2 aromatic heterocycles. The monoisotopic (exact) mass is 568 g/mol. The first kappa shape index (κ1) is 31.1. The molecule has 0 aliphatic rings. The Kier molecular flexibility index (Phi) is 9.42. The molecule has 0 saturated heterocycles. The molecule has 3 rings (SSSR count). The fraction of sp³-hybridized carbons (Fsp3) is 0.483. The molecule has 1 atom stereocenters. The second-order valence-electron chi connectivity index (χ2n) is 11.5. The predicted octanol–water partition coefficient (Wildman–Crippen LogP) is 5.01. The maximum absolute atomic E-state index is 14.7. The number of nitrogens with one attached hydrogen (secondary N) is 1. The molecule has 1 amide bonds. The lowest BCUT2D eigenvalue weighted by atomic mass is 10.1. The molecule has 1 N–H and O–H groups in total. The number of rotatable bonds is 9. The summed E-state index contributed by atoms with van der Waals surface area (Å²) in [5.74, 6) is -0.470. The van der Waals surface area contributed by atoms with E-state index in [0.717, 1.165) is 0 Å². The van der Waals surface area contributed by atoms with Gasteiger partial charge in [0.1, 0.15) is 46.3 Å². The SMILES string of the molecule is CCN(Cc1c(O[C@H](C)CNC(=O)OC(C)(C)C)ccc(F)c1C#N)c1ccn2ncc(C(=O)OC(C)(C)C)c2n1. The van der Waals surface area contributed by atoms with Crippen LogP contribution in [0.1, 0.15) is 76.9 Å². The van der Waals surface area contributed by atoms with Crippen molar-refractivity contribution in [3.8, 4) is 11.8 Å². The Morgan fingerprint density at radius 1 is 1.15 bits per heavy atom. The van der Waals surface area contributed by atoms with Crippen LogP contribution in [0.25, 0.3) is 5.65 Å². The van der Waals surface area contributed by atoms with E-state index in [2.05, 4.69) is 15.4 Å². The molecule has 3 aromatic rings. The summed E-state index contributed by atoms with van der Waals surface area (Å²) in [7, 11) is 0. The molecule has 0 unspecified atom stereocenters. The van der Waals surface area contributed by atoms with Gasteiger partial charge in [-0.05, 0) is 73.6 Å². The molecule has 1 aromatic carbocycles. The van der Waals surface area contributed by atoms with Gasteiger partial charge in [-0.2, -0.15) is 10.4 Å². The molecule has 220 valence electrons. The minimum atomic E-state index is -0.695. The molecule has 0 aliphatic heterocycles. The highest BCUT2D eigenvalue weighted by Crippen LogP contribution is 2.29. The van der Waals surface area contributed by atoms with Crippen molar-refractivity contribution in [2.75, 3.05) is 18.0 Å². The maximum Gasteiger partial charge on any atom is 0.407 e. The van der Waals surface area contributed by atoms with Crippen LogP contribution in [0, 0.1) is 17.1 Å². The largest absolute Gasteiger partial charge is 0.488 e. The minimum absolute atomic E-state index is 0.0811. The van der Waals surface area contributed by atoms with E-state index in [9.17, 15) is 19.2 Å². The third-order valence-corrected chi connectivity index (χ3v) is 5.62. The highest BCUT2D eigenvalue weighted by Gasteiger charge is 2.24. The van der Waals surface area contributed by atoms with Crippen LogP contribution in [0.2, 0.25) is 0 Å². The highest BCUT2D eigenvalue weighted by molar-refractivity contribution is 5.96. The summed E-state index contributed by atoms with van der Waals surface area (Å²) >= 11 is 0. The van der Waals surface area contributed by atoms with Crippen molar-refractivity contribution in [1.82, 2.24) is 19.9 Å². The number of nitriles is 1. The van der Waals surface area contributed by atoms with Crippen LogP contribution in [-0.4, -0.2) is 57.1 Å². The lowest BCUT2D eigenvalue weighted by Crippen LogP contribution is -2.37. The van der Waals surface area contributed by atoms with Crippen LogP contribution >= 0.6 is 0 Å². The number of nitrogens with zero attached hydrogens (tertiary/aromatic N) is 5. The van der Waals surface area contributed by atoms with E-state index in [1.54, 1.807) is 60.7 Å². The van der Waals surface area contributed by atoms with Gasteiger partial charge in [0.15, 0.2) is 5.65 Å². The number of carbonyl (C=O) groups excluding carboxylic acids is 2. The van der Waals surface area contributed by atoms with Crippen LogP contribution in [0.4, 0.5) is 15.0 Å². The lowest BCUT2D eigenvalue weighted by Gasteiger charge is -2.26. The van der Waals surface area contributed by atoms with E-state index >= 15 is 0 Å². The Bertz CT molecular complexity index is 1450. The molecule has 0 aliphatic carbocycles. The summed E-state index contributed by atoms with van der Waals surface area (Å²) in [6.07, 6.45) is 1.95. The Morgan fingerprint density at radius 2 is 1.83 bits per heavy atom. The van der Waals surface area contributed by atoms with Crippen molar-refractivity contribution >= 4 is 23.5 Å². The van der Waals surface area contributed by atoms with Crippen LogP contribution < -0.4 is 15.0 Å². The van der Waals surface area contributed by atoms with Gasteiger partial charge >= 0.3 is 12.1 Å². The fourth-order valence-corrected chi connectivity index (χ4v) is 3.85. The van der Waals surface area contributed by atoms with E-state index in [-0.39, 0.29) is 24.2 Å². The van der Waals surface area contributed by atoms with Gasteiger partial charge in [0.05, 0.1) is 18.3 Å². The van der Waals surface area contributed by atoms with E-state index in [4.69, 9.17) is 14.2 Å². The Hall–Kier alpha value is -4.40. The third-order valence-electron chi connectivity index (χ3n) is 5.62. The summed E-state index contributed by atoms with van der Waals surface area (Å²) in [6, 6.07) is 6.28. The molecular weight excluding hydrogens is 531 g/mol. The van der Waals surface area contributed by atoms with Gasteiger partial charge in [-0.3, -0.25) is 0 Å². The van der Waals surface area contributed by atoms with E-state index in [1.807, 2.05) is 17.9 Å². The molecule has 0 radical (unpaired) electrons. The smallest absolute Gasteiger partial charge is 0.407 e. The number of esters is 1. The van der Waals surface area contributed by atoms with E-state index in [0.29, 0.717) is 29.3 Å². The van der Waals surface area contributed by atoms with Crippen molar-refractivity contribution in [3.63, 3.8) is 0 Å². The number of alkyl carbamates (subject to hydrolysis) is 1. The normalized spacial score (nSPS) is 12.4. The number of anilines is 1. The minimum Gasteiger partial charge on any atom is -0.488 e. The van der Waals surface area contributed by atoms with Crippen LogP contribution in [0.5, 0.6) is 5.75 Å². The van der Waals surface area contributed by atoms with Gasteiger partial charge in [-0.25, -0.2) is 23.5 Å². The quantitative estimate of drug-likeness (QED) is 0.354. The lowest BCUT2D eigenvalue weighted by molar-refractivity contribution is 0.00712. The zero-order chi connectivity index (χ0) is 30.5. The average molecular weight is 569 g/mol. The van der Waals surface area contributed by atoms with Gasteiger partial charge in [-0.15, -0.1) is 0 Å². The predicted molar refractivity (Wildman–Crippen MR) is 150 cm³/mol. The maximum atomic E-state index is 14.7. The number of aromatic nitrogens is 3. The summed E-state index contributed by atoms with van der Waals surface area (Å²) in [5, 5.41) is 16.6. The number of hydrogen-bond acceptors (Lipinski definition) is 9. The van der Waals surface area contributed by atoms with Crippen molar-refractivity contribution in [3.05, 3.63) is 53.1 Å². The molecule has 0 fully saturated rings. The first-order valence-electron chi connectivity index (χ1n) is 13.3. The molecule has 41 heavy (non-hydrogen) atoms. The summed E-state index contributed by atoms with van der Waals surface area (Å²) in [4.78, 5) is 31.3. The van der Waals surface area contributed by atoms with Gasteiger partial charge < -0.3 is 24.4 Å². The summed E-state index contributed by atoms with van der Waals surface area (Å²) in [6.45, 7) is 14.9. The second kappa shape index (κ2) is 12.4. The van der Waals surface area contributed by atoms with E-state index < -0.39 is 35.2 Å². The van der Waals surface area contributed by atoms with Gasteiger partial charge in [-0.1, -0.05) is 0 Å². The third kappa shape index (κ3) is 8.30. The molecular formula is C29H37FN6O5. The van der Waals surface area contributed by atoms with Crippen LogP contribution in [0.15, 0.2) is 30.6 Å². The number of halogens is 1. The van der Waals surface area contributed by atoms with Gasteiger partial charge in [0.2, 0.25) is 0 Å². The standard InChI is InChI=1S/C29H37FN6O5/c1-9-35(24-12-13-36-25(34-24)20(16-33-36)26(37)40-28(3,4)5)17-21-19(14-31)22(30)10-11-23(21)39-18(2)15-32-27(38)41-29(6,7)8/h10-13,16,18H,9,15,17H2,1-8H3,(H,32,38)/t18-/m1/s1. The molecule has 12 heteroatoms. The number of ether oxygens (including phenoxy) is 3. The van der Waals surface area contributed by atoms with Gasteiger partial charge in [0, 0.05) is 24.8 Å². The first-order valence-corrected chi connectivity index (χ1v) is 13.3.